The van der Waals surface area contributed by atoms with E-state index >= 15 is 0 Å². The summed E-state index contributed by atoms with van der Waals surface area (Å²) in [7, 11) is 1.94. The Kier molecular flexibility index (Phi) is 3.05. The monoisotopic (exact) mass is 171 g/mol. The number of carbonyl (C=O) groups is 1. The van der Waals surface area contributed by atoms with Crippen LogP contribution in [0.4, 0.5) is 0 Å². The van der Waals surface area contributed by atoms with Crippen LogP contribution in [0.5, 0.6) is 0 Å². The Morgan fingerprint density at radius 1 is 1.75 bits per heavy atom. The van der Waals surface area contributed by atoms with Gasteiger partial charge in [-0.05, 0) is 13.0 Å². The van der Waals surface area contributed by atoms with Gasteiger partial charge >= 0.3 is 0 Å². The van der Waals surface area contributed by atoms with E-state index in [2.05, 4.69) is 12.2 Å². The first-order valence-corrected chi connectivity index (χ1v) is 4.33. The molecular formula is C8H17N3O. The zero-order chi connectivity index (χ0) is 9.14. The van der Waals surface area contributed by atoms with E-state index in [1.54, 1.807) is 0 Å². The molecule has 2 unspecified atom stereocenters. The maximum Gasteiger partial charge on any atom is 0.238 e. The van der Waals surface area contributed by atoms with Crippen LogP contribution in [0.1, 0.15) is 6.92 Å². The fraction of sp³-hybridized carbons (Fsp3) is 0.875. The van der Waals surface area contributed by atoms with Gasteiger partial charge in [-0.3, -0.25) is 9.69 Å². The minimum atomic E-state index is -0.144. The van der Waals surface area contributed by atoms with Gasteiger partial charge in [0.15, 0.2) is 0 Å². The van der Waals surface area contributed by atoms with Crippen LogP contribution in [-0.4, -0.2) is 43.5 Å². The maximum absolute atomic E-state index is 11.4. The lowest BCUT2D eigenvalue weighted by molar-refractivity contribution is -0.124. The summed E-state index contributed by atoms with van der Waals surface area (Å²) < 4.78 is 0. The highest BCUT2D eigenvalue weighted by atomic mass is 16.2. The minimum absolute atomic E-state index is 0.0596. The van der Waals surface area contributed by atoms with Crippen molar-refractivity contribution in [3.05, 3.63) is 0 Å². The second-order valence-electron chi connectivity index (χ2n) is 3.54. The van der Waals surface area contributed by atoms with E-state index in [-0.39, 0.29) is 11.9 Å². The summed E-state index contributed by atoms with van der Waals surface area (Å²) in [5, 5.41) is 2.87. The summed E-state index contributed by atoms with van der Waals surface area (Å²) in [4.78, 5) is 13.4. The van der Waals surface area contributed by atoms with Crippen molar-refractivity contribution < 1.29 is 4.79 Å². The van der Waals surface area contributed by atoms with Gasteiger partial charge in [0, 0.05) is 19.6 Å². The van der Waals surface area contributed by atoms with Crippen molar-refractivity contribution in [2.75, 3.05) is 26.7 Å². The first-order valence-electron chi connectivity index (χ1n) is 4.33. The summed E-state index contributed by atoms with van der Waals surface area (Å²) in [5.41, 5.74) is 5.50. The average Bonchev–Trinajstić information content (AvgIpc) is 2.12. The van der Waals surface area contributed by atoms with Gasteiger partial charge in [-0.15, -0.1) is 0 Å². The second kappa shape index (κ2) is 3.87. The van der Waals surface area contributed by atoms with E-state index < -0.39 is 0 Å². The highest BCUT2D eigenvalue weighted by Crippen LogP contribution is 2.05. The minimum Gasteiger partial charge on any atom is -0.354 e. The summed E-state index contributed by atoms with van der Waals surface area (Å²) in [6.07, 6.45) is 0. The van der Waals surface area contributed by atoms with Crippen LogP contribution >= 0.6 is 0 Å². The third-order valence-electron chi connectivity index (χ3n) is 2.28. The topological polar surface area (TPSA) is 58.4 Å². The van der Waals surface area contributed by atoms with E-state index in [0.29, 0.717) is 12.5 Å². The average molecular weight is 171 g/mol. The van der Waals surface area contributed by atoms with Crippen LogP contribution in [0.15, 0.2) is 0 Å². The van der Waals surface area contributed by atoms with Crippen LogP contribution in [-0.2, 0) is 4.79 Å². The molecule has 1 rings (SSSR count). The van der Waals surface area contributed by atoms with Crippen LogP contribution < -0.4 is 11.1 Å². The maximum atomic E-state index is 11.4. The molecule has 1 heterocycles. The van der Waals surface area contributed by atoms with E-state index in [1.165, 1.54) is 0 Å². The third-order valence-corrected chi connectivity index (χ3v) is 2.28. The van der Waals surface area contributed by atoms with E-state index in [9.17, 15) is 4.79 Å². The van der Waals surface area contributed by atoms with Crippen LogP contribution in [0.3, 0.4) is 0 Å². The Morgan fingerprint density at radius 2 is 2.42 bits per heavy atom. The van der Waals surface area contributed by atoms with Crippen LogP contribution in [0, 0.1) is 5.92 Å². The predicted octanol–water partition coefficient (Wildman–Crippen LogP) is -0.989. The standard InChI is InChI=1S/C8H17N3O/c1-6-4-10-8(12)7(3-9)11(2)5-6/h6-7H,3-5,9H2,1-2H3,(H,10,12). The Morgan fingerprint density at radius 3 is 3.00 bits per heavy atom. The zero-order valence-electron chi connectivity index (χ0n) is 7.71. The lowest BCUT2D eigenvalue weighted by Gasteiger charge is -2.23. The molecule has 4 heteroatoms. The van der Waals surface area contributed by atoms with Gasteiger partial charge in [0.1, 0.15) is 6.04 Å². The molecule has 0 bridgehead atoms. The van der Waals surface area contributed by atoms with E-state index in [4.69, 9.17) is 5.73 Å². The lowest BCUT2D eigenvalue weighted by Crippen LogP contribution is -2.46. The molecule has 1 amide bonds. The number of nitrogens with one attached hydrogen (secondary N) is 1. The Hall–Kier alpha value is -0.610. The Balaban J connectivity index is 2.64. The summed E-state index contributed by atoms with van der Waals surface area (Å²) in [5.74, 6) is 0.569. The highest BCUT2D eigenvalue weighted by molar-refractivity contribution is 5.82. The number of hydrogen-bond donors (Lipinski definition) is 2. The fourth-order valence-electron chi connectivity index (χ4n) is 1.56. The van der Waals surface area contributed by atoms with Gasteiger partial charge in [-0.2, -0.15) is 0 Å². The molecular weight excluding hydrogens is 154 g/mol. The van der Waals surface area contributed by atoms with E-state index in [0.717, 1.165) is 13.1 Å². The number of amides is 1. The molecule has 3 N–H and O–H groups in total. The number of likely N-dealkylation sites (N-methyl/N-ethyl adjacent to an activating group) is 1. The molecule has 0 saturated carbocycles. The first kappa shape index (κ1) is 9.48. The Labute approximate surface area is 73.1 Å². The quantitative estimate of drug-likeness (QED) is 0.532. The van der Waals surface area contributed by atoms with Crippen molar-refractivity contribution in [1.29, 1.82) is 0 Å². The molecule has 4 nitrogen and oxygen atoms in total. The van der Waals surface area contributed by atoms with Crippen molar-refractivity contribution in [3.63, 3.8) is 0 Å². The molecule has 0 radical (unpaired) electrons. The Bertz CT molecular complexity index is 172. The van der Waals surface area contributed by atoms with Crippen molar-refractivity contribution in [2.45, 2.75) is 13.0 Å². The largest absolute Gasteiger partial charge is 0.354 e. The predicted molar refractivity (Wildman–Crippen MR) is 47.6 cm³/mol. The van der Waals surface area contributed by atoms with Gasteiger partial charge in [0.25, 0.3) is 0 Å². The summed E-state index contributed by atoms with van der Waals surface area (Å²) >= 11 is 0. The number of carbonyl (C=O) groups excluding carboxylic acids is 1. The van der Waals surface area contributed by atoms with Crippen molar-refractivity contribution in [3.8, 4) is 0 Å². The van der Waals surface area contributed by atoms with Gasteiger partial charge in [-0.25, -0.2) is 0 Å². The molecule has 1 aliphatic heterocycles. The highest BCUT2D eigenvalue weighted by Gasteiger charge is 2.26. The van der Waals surface area contributed by atoms with Gasteiger partial charge < -0.3 is 11.1 Å². The summed E-state index contributed by atoms with van der Waals surface area (Å²) in [6, 6.07) is -0.144. The molecule has 0 aromatic carbocycles. The van der Waals surface area contributed by atoms with Crippen molar-refractivity contribution in [1.82, 2.24) is 10.2 Å². The molecule has 70 valence electrons. The summed E-state index contributed by atoms with van der Waals surface area (Å²) in [6.45, 7) is 4.21. The first-order chi connectivity index (χ1) is 5.65. The number of nitrogens with two attached hydrogens (primary N) is 1. The van der Waals surface area contributed by atoms with Crippen LogP contribution in [0.2, 0.25) is 0 Å². The van der Waals surface area contributed by atoms with Gasteiger partial charge in [0.2, 0.25) is 5.91 Å². The van der Waals surface area contributed by atoms with E-state index in [1.807, 2.05) is 11.9 Å². The van der Waals surface area contributed by atoms with Crippen molar-refractivity contribution >= 4 is 5.91 Å². The van der Waals surface area contributed by atoms with Crippen molar-refractivity contribution in [2.24, 2.45) is 11.7 Å². The SMILES string of the molecule is CC1CNC(=O)C(CN)N(C)C1. The smallest absolute Gasteiger partial charge is 0.238 e. The molecule has 1 aliphatic rings. The molecule has 0 aromatic heterocycles. The fourth-order valence-corrected chi connectivity index (χ4v) is 1.56. The van der Waals surface area contributed by atoms with Crippen LogP contribution in [0.25, 0.3) is 0 Å². The molecule has 1 fully saturated rings. The van der Waals surface area contributed by atoms with Gasteiger partial charge in [-0.1, -0.05) is 6.92 Å². The number of rotatable bonds is 1. The van der Waals surface area contributed by atoms with Gasteiger partial charge in [0.05, 0.1) is 0 Å². The normalized spacial score (nSPS) is 32.8. The molecule has 0 aromatic rings. The number of hydrogen-bond acceptors (Lipinski definition) is 3. The molecule has 1 saturated heterocycles. The molecule has 0 spiro atoms. The zero-order valence-corrected chi connectivity index (χ0v) is 7.71. The third kappa shape index (κ3) is 1.95. The molecule has 0 aliphatic carbocycles. The second-order valence-corrected chi connectivity index (χ2v) is 3.54. The molecule has 2 atom stereocenters. The lowest BCUT2D eigenvalue weighted by atomic mass is 10.2. The molecule has 12 heavy (non-hydrogen) atoms. The number of nitrogens with zero attached hydrogens (tertiary/aromatic N) is 1.